The molecule has 1 heterocycles. The molecule has 4 nitrogen and oxygen atoms in total. The molecule has 0 spiro atoms. The molecule has 2 aromatic carbocycles. The van der Waals surface area contributed by atoms with Gasteiger partial charge in [0.05, 0.1) is 5.69 Å². The number of hydrogen-bond donors (Lipinski definition) is 2. The van der Waals surface area contributed by atoms with Gasteiger partial charge in [0.15, 0.2) is 0 Å². The van der Waals surface area contributed by atoms with Crippen LogP contribution >= 0.6 is 0 Å². The highest BCUT2D eigenvalue weighted by Crippen LogP contribution is 2.27. The van der Waals surface area contributed by atoms with Crippen molar-refractivity contribution in [3.05, 3.63) is 87.6 Å². The lowest BCUT2D eigenvalue weighted by Gasteiger charge is -2.14. The minimum Gasteiger partial charge on any atom is -0.324 e. The summed E-state index contributed by atoms with van der Waals surface area (Å²) in [4.78, 5) is 26.9. The Morgan fingerprint density at radius 3 is 2.32 bits per heavy atom. The summed E-state index contributed by atoms with van der Waals surface area (Å²) in [5.41, 5.74) is 2.80. The lowest BCUT2D eigenvalue weighted by molar-refractivity contribution is 0.102. The first-order valence-corrected chi connectivity index (χ1v) is 7.83. The third-order valence-electron chi connectivity index (χ3n) is 4.00. The number of rotatable bonds is 3. The molecular formula is C20H17FN2O2. The standard InChI is InChI=1S/C20H17FN2O2/c1-12-11-18(24)22-13(2)19(12)23-20(25)16-9-4-3-7-14(16)15-8-5-6-10-17(15)21/h3-11H,1-2H3,(H,22,24)(H,23,25). The van der Waals surface area contributed by atoms with Gasteiger partial charge < -0.3 is 10.3 Å². The first-order valence-electron chi connectivity index (χ1n) is 7.83. The Labute approximate surface area is 144 Å². The number of aromatic amines is 1. The number of benzene rings is 2. The topological polar surface area (TPSA) is 62.0 Å². The van der Waals surface area contributed by atoms with E-state index < -0.39 is 0 Å². The van der Waals surface area contributed by atoms with Crippen LogP contribution in [-0.2, 0) is 0 Å². The zero-order chi connectivity index (χ0) is 18.0. The number of pyridine rings is 1. The number of carbonyl (C=O) groups excluding carboxylic acids is 1. The number of hydrogen-bond acceptors (Lipinski definition) is 2. The van der Waals surface area contributed by atoms with Crippen LogP contribution in [0.25, 0.3) is 11.1 Å². The van der Waals surface area contributed by atoms with Crippen LogP contribution in [0.2, 0.25) is 0 Å². The Hall–Kier alpha value is -3.21. The lowest BCUT2D eigenvalue weighted by Crippen LogP contribution is -2.18. The lowest BCUT2D eigenvalue weighted by atomic mass is 9.98. The summed E-state index contributed by atoms with van der Waals surface area (Å²) in [6, 6.07) is 14.6. The van der Waals surface area contributed by atoms with E-state index in [1.165, 1.54) is 12.1 Å². The van der Waals surface area contributed by atoms with Crippen molar-refractivity contribution in [2.24, 2.45) is 0 Å². The Bertz CT molecular complexity index is 982. The summed E-state index contributed by atoms with van der Waals surface area (Å²) in [5.74, 6) is -0.753. The maximum atomic E-state index is 14.1. The summed E-state index contributed by atoms with van der Waals surface area (Å²) in [6.07, 6.45) is 0. The predicted octanol–water partition coefficient (Wildman–Crippen LogP) is 4.05. The van der Waals surface area contributed by atoms with Crippen molar-refractivity contribution in [1.82, 2.24) is 4.98 Å². The second kappa shape index (κ2) is 6.73. The molecular weight excluding hydrogens is 319 g/mol. The third-order valence-corrected chi connectivity index (χ3v) is 4.00. The summed E-state index contributed by atoms with van der Waals surface area (Å²) in [7, 11) is 0. The molecule has 2 N–H and O–H groups in total. The fourth-order valence-corrected chi connectivity index (χ4v) is 2.82. The van der Waals surface area contributed by atoms with E-state index in [-0.39, 0.29) is 17.3 Å². The van der Waals surface area contributed by atoms with E-state index >= 15 is 0 Å². The zero-order valence-corrected chi connectivity index (χ0v) is 13.9. The van der Waals surface area contributed by atoms with Crippen LogP contribution in [0.1, 0.15) is 21.6 Å². The van der Waals surface area contributed by atoms with Gasteiger partial charge in [-0.3, -0.25) is 9.59 Å². The Morgan fingerprint density at radius 2 is 1.64 bits per heavy atom. The number of amides is 1. The van der Waals surface area contributed by atoms with Crippen LogP contribution in [0.15, 0.2) is 59.4 Å². The van der Waals surface area contributed by atoms with E-state index in [1.54, 1.807) is 56.3 Å². The number of aromatic nitrogens is 1. The van der Waals surface area contributed by atoms with E-state index in [0.29, 0.717) is 33.6 Å². The molecule has 1 aromatic heterocycles. The molecule has 0 bridgehead atoms. The normalized spacial score (nSPS) is 10.5. The highest BCUT2D eigenvalue weighted by molar-refractivity contribution is 6.09. The molecule has 0 aliphatic heterocycles. The minimum atomic E-state index is -0.390. The van der Waals surface area contributed by atoms with Crippen molar-refractivity contribution < 1.29 is 9.18 Å². The summed E-state index contributed by atoms with van der Waals surface area (Å²) in [5, 5.41) is 2.82. The number of halogens is 1. The van der Waals surface area contributed by atoms with Gasteiger partial charge in [0.25, 0.3) is 5.91 Å². The fraction of sp³-hybridized carbons (Fsp3) is 0.100. The van der Waals surface area contributed by atoms with Gasteiger partial charge in [-0.2, -0.15) is 0 Å². The monoisotopic (exact) mass is 336 g/mol. The van der Waals surface area contributed by atoms with Crippen LogP contribution < -0.4 is 10.9 Å². The largest absolute Gasteiger partial charge is 0.324 e. The van der Waals surface area contributed by atoms with Crippen molar-refractivity contribution >= 4 is 11.6 Å². The quantitative estimate of drug-likeness (QED) is 0.758. The maximum absolute atomic E-state index is 14.1. The van der Waals surface area contributed by atoms with Crippen molar-refractivity contribution in [2.75, 3.05) is 5.32 Å². The SMILES string of the molecule is Cc1cc(=O)[nH]c(C)c1NC(=O)c1ccccc1-c1ccccc1F. The third kappa shape index (κ3) is 3.35. The van der Waals surface area contributed by atoms with Gasteiger partial charge in [0.1, 0.15) is 5.82 Å². The molecule has 0 saturated carbocycles. The van der Waals surface area contributed by atoms with Gasteiger partial charge in [-0.25, -0.2) is 4.39 Å². The molecule has 0 saturated heterocycles. The van der Waals surface area contributed by atoms with Gasteiger partial charge in [-0.05, 0) is 37.1 Å². The van der Waals surface area contributed by atoms with E-state index in [2.05, 4.69) is 10.3 Å². The smallest absolute Gasteiger partial charge is 0.256 e. The van der Waals surface area contributed by atoms with Gasteiger partial charge in [-0.1, -0.05) is 36.4 Å². The number of H-pyrrole nitrogens is 1. The van der Waals surface area contributed by atoms with Crippen LogP contribution in [0.3, 0.4) is 0 Å². The molecule has 0 aliphatic carbocycles. The van der Waals surface area contributed by atoms with Crippen LogP contribution in [0, 0.1) is 19.7 Å². The highest BCUT2D eigenvalue weighted by Gasteiger charge is 2.16. The molecule has 3 rings (SSSR count). The Morgan fingerprint density at radius 1 is 1.00 bits per heavy atom. The Balaban J connectivity index is 2.03. The first-order chi connectivity index (χ1) is 12.0. The number of nitrogens with one attached hydrogen (secondary N) is 2. The fourth-order valence-electron chi connectivity index (χ4n) is 2.82. The summed E-state index contributed by atoms with van der Waals surface area (Å²) in [6.45, 7) is 3.47. The average Bonchev–Trinajstić information content (AvgIpc) is 2.58. The first kappa shape index (κ1) is 16.6. The minimum absolute atomic E-state index is 0.222. The van der Waals surface area contributed by atoms with Gasteiger partial charge in [0, 0.05) is 22.9 Å². The maximum Gasteiger partial charge on any atom is 0.256 e. The molecule has 5 heteroatoms. The summed E-state index contributed by atoms with van der Waals surface area (Å²) < 4.78 is 14.1. The molecule has 0 aliphatic rings. The Kier molecular flexibility index (Phi) is 4.48. The number of carbonyl (C=O) groups is 1. The average molecular weight is 336 g/mol. The van der Waals surface area contributed by atoms with E-state index in [9.17, 15) is 14.0 Å². The molecule has 1 amide bonds. The van der Waals surface area contributed by atoms with Crippen LogP contribution in [0.5, 0.6) is 0 Å². The zero-order valence-electron chi connectivity index (χ0n) is 13.9. The molecule has 0 radical (unpaired) electrons. The highest BCUT2D eigenvalue weighted by atomic mass is 19.1. The van der Waals surface area contributed by atoms with E-state index in [0.717, 1.165) is 0 Å². The number of anilines is 1. The van der Waals surface area contributed by atoms with E-state index in [4.69, 9.17) is 0 Å². The second-order valence-electron chi connectivity index (χ2n) is 5.80. The summed E-state index contributed by atoms with van der Waals surface area (Å²) >= 11 is 0. The van der Waals surface area contributed by atoms with Gasteiger partial charge in [0.2, 0.25) is 5.56 Å². The van der Waals surface area contributed by atoms with Crippen molar-refractivity contribution in [2.45, 2.75) is 13.8 Å². The van der Waals surface area contributed by atoms with Gasteiger partial charge in [-0.15, -0.1) is 0 Å². The molecule has 25 heavy (non-hydrogen) atoms. The van der Waals surface area contributed by atoms with Crippen molar-refractivity contribution in [1.29, 1.82) is 0 Å². The molecule has 0 unspecified atom stereocenters. The second-order valence-corrected chi connectivity index (χ2v) is 5.80. The van der Waals surface area contributed by atoms with Crippen molar-refractivity contribution in [3.63, 3.8) is 0 Å². The molecule has 0 atom stereocenters. The van der Waals surface area contributed by atoms with Crippen LogP contribution in [-0.4, -0.2) is 10.9 Å². The molecule has 3 aromatic rings. The molecule has 126 valence electrons. The van der Waals surface area contributed by atoms with Gasteiger partial charge >= 0.3 is 0 Å². The van der Waals surface area contributed by atoms with Crippen molar-refractivity contribution in [3.8, 4) is 11.1 Å². The predicted molar refractivity (Wildman–Crippen MR) is 96.3 cm³/mol. The number of aryl methyl sites for hydroxylation is 2. The van der Waals surface area contributed by atoms with Crippen LogP contribution in [0.4, 0.5) is 10.1 Å². The van der Waals surface area contributed by atoms with E-state index in [1.807, 2.05) is 0 Å². The molecule has 0 fully saturated rings.